The maximum Gasteiger partial charge on any atom is 0.284 e. The molecule has 3 rings (SSSR count). The quantitative estimate of drug-likeness (QED) is 0.423. The van der Waals surface area contributed by atoms with Crippen LogP contribution in [-0.4, -0.2) is 18.9 Å². The monoisotopic (exact) mass is 392 g/mol. The number of ether oxygens (including phenoxy) is 1. The Hall–Kier alpha value is -3.74. The molecular formula is C22H24N4O3. The topological polar surface area (TPSA) is 102 Å². The lowest BCUT2D eigenvalue weighted by atomic mass is 10.1. The molecule has 0 radical (unpaired) electrons. The standard InChI is InChI=1S/C22H24N4O3/c1-15-8-9-16(20(12-15)28-17-6-4-3-5-7-17)13-25-22(24-2)26-14-18-10-11-19(29-18)21(23)27/h3-12H,13-14H2,1-2H3,(H2,23,27)(H2,24,25,26). The average molecular weight is 392 g/mol. The molecule has 0 atom stereocenters. The van der Waals surface area contributed by atoms with Crippen molar-refractivity contribution in [2.24, 2.45) is 10.7 Å². The van der Waals surface area contributed by atoms with E-state index in [1.54, 1.807) is 19.2 Å². The fraction of sp³-hybridized carbons (Fsp3) is 0.182. The number of guanidine groups is 1. The Bertz CT molecular complexity index is 996. The van der Waals surface area contributed by atoms with Crippen molar-refractivity contribution in [3.05, 3.63) is 83.3 Å². The second-order valence-electron chi connectivity index (χ2n) is 6.44. The summed E-state index contributed by atoms with van der Waals surface area (Å²) in [5.41, 5.74) is 7.31. The Morgan fingerprint density at radius 2 is 1.83 bits per heavy atom. The molecule has 29 heavy (non-hydrogen) atoms. The first-order valence-corrected chi connectivity index (χ1v) is 9.20. The normalized spacial score (nSPS) is 11.2. The van der Waals surface area contributed by atoms with Crippen LogP contribution in [0.5, 0.6) is 11.5 Å². The van der Waals surface area contributed by atoms with Crippen LogP contribution in [0.15, 0.2) is 70.1 Å². The fourth-order valence-electron chi connectivity index (χ4n) is 2.69. The summed E-state index contributed by atoms with van der Waals surface area (Å²) in [6.07, 6.45) is 0. The minimum atomic E-state index is -0.593. The van der Waals surface area contributed by atoms with Gasteiger partial charge in [0.05, 0.1) is 6.54 Å². The molecule has 0 saturated heterocycles. The van der Waals surface area contributed by atoms with E-state index in [0.717, 1.165) is 22.6 Å². The second-order valence-corrected chi connectivity index (χ2v) is 6.44. The van der Waals surface area contributed by atoms with E-state index < -0.39 is 5.91 Å². The summed E-state index contributed by atoms with van der Waals surface area (Å²) in [6, 6.07) is 19.0. The van der Waals surface area contributed by atoms with Crippen LogP contribution in [0.25, 0.3) is 0 Å². The van der Waals surface area contributed by atoms with Gasteiger partial charge in [-0.05, 0) is 42.8 Å². The molecule has 4 N–H and O–H groups in total. The van der Waals surface area contributed by atoms with E-state index in [1.807, 2.05) is 55.5 Å². The summed E-state index contributed by atoms with van der Waals surface area (Å²) < 4.78 is 11.4. The Balaban J connectivity index is 1.62. The van der Waals surface area contributed by atoms with Gasteiger partial charge in [0.15, 0.2) is 11.7 Å². The van der Waals surface area contributed by atoms with E-state index >= 15 is 0 Å². The van der Waals surface area contributed by atoms with Crippen LogP contribution in [0.4, 0.5) is 0 Å². The van der Waals surface area contributed by atoms with Gasteiger partial charge in [-0.25, -0.2) is 0 Å². The summed E-state index contributed by atoms with van der Waals surface area (Å²) in [4.78, 5) is 15.3. The van der Waals surface area contributed by atoms with Gasteiger partial charge in [-0.3, -0.25) is 9.79 Å². The molecule has 1 aromatic heterocycles. The van der Waals surface area contributed by atoms with Gasteiger partial charge >= 0.3 is 0 Å². The van der Waals surface area contributed by atoms with Crippen molar-refractivity contribution in [2.45, 2.75) is 20.0 Å². The van der Waals surface area contributed by atoms with Crippen LogP contribution in [0.2, 0.25) is 0 Å². The largest absolute Gasteiger partial charge is 0.457 e. The second kappa shape index (κ2) is 9.45. The number of nitrogens with one attached hydrogen (secondary N) is 2. The molecule has 1 amide bonds. The highest BCUT2D eigenvalue weighted by molar-refractivity contribution is 5.89. The number of hydrogen-bond acceptors (Lipinski definition) is 4. The maximum atomic E-state index is 11.1. The number of aliphatic imine (C=N–C) groups is 1. The number of aryl methyl sites for hydroxylation is 1. The molecule has 2 aromatic carbocycles. The molecule has 0 aliphatic rings. The van der Waals surface area contributed by atoms with Gasteiger partial charge in [-0.2, -0.15) is 0 Å². The Kier molecular flexibility index (Phi) is 6.52. The average Bonchev–Trinajstić information content (AvgIpc) is 3.20. The summed E-state index contributed by atoms with van der Waals surface area (Å²) >= 11 is 0. The van der Waals surface area contributed by atoms with Gasteiger partial charge in [0.2, 0.25) is 0 Å². The third-order valence-electron chi connectivity index (χ3n) is 4.20. The molecule has 0 unspecified atom stereocenters. The minimum Gasteiger partial charge on any atom is -0.457 e. The zero-order valence-corrected chi connectivity index (χ0v) is 16.4. The molecule has 150 valence electrons. The van der Waals surface area contributed by atoms with Crippen molar-refractivity contribution >= 4 is 11.9 Å². The van der Waals surface area contributed by atoms with Crippen LogP contribution >= 0.6 is 0 Å². The first-order chi connectivity index (χ1) is 14.0. The number of carbonyl (C=O) groups is 1. The molecule has 0 saturated carbocycles. The van der Waals surface area contributed by atoms with E-state index in [2.05, 4.69) is 15.6 Å². The summed E-state index contributed by atoms with van der Waals surface area (Å²) in [5, 5.41) is 6.40. The van der Waals surface area contributed by atoms with Gasteiger partial charge in [0.25, 0.3) is 5.91 Å². The highest BCUT2D eigenvalue weighted by Crippen LogP contribution is 2.26. The predicted molar refractivity (Wildman–Crippen MR) is 112 cm³/mol. The number of nitrogens with zero attached hydrogens (tertiary/aromatic N) is 1. The van der Waals surface area contributed by atoms with Gasteiger partial charge < -0.3 is 25.5 Å². The number of nitrogens with two attached hydrogens (primary N) is 1. The Labute approximate surface area is 169 Å². The lowest BCUT2D eigenvalue weighted by Crippen LogP contribution is -2.36. The van der Waals surface area contributed by atoms with E-state index in [0.29, 0.717) is 24.8 Å². The van der Waals surface area contributed by atoms with Crippen molar-refractivity contribution in [1.82, 2.24) is 10.6 Å². The van der Waals surface area contributed by atoms with Gasteiger partial charge in [0, 0.05) is 19.2 Å². The smallest absolute Gasteiger partial charge is 0.284 e. The van der Waals surface area contributed by atoms with Gasteiger partial charge in [0.1, 0.15) is 17.3 Å². The molecule has 0 spiro atoms. The molecule has 0 aliphatic heterocycles. The number of rotatable bonds is 7. The van der Waals surface area contributed by atoms with Crippen LogP contribution in [0.1, 0.15) is 27.4 Å². The van der Waals surface area contributed by atoms with E-state index in [1.165, 1.54) is 0 Å². The number of carbonyl (C=O) groups excluding carboxylic acids is 1. The van der Waals surface area contributed by atoms with Crippen molar-refractivity contribution in [3.8, 4) is 11.5 Å². The molecule has 7 heteroatoms. The van der Waals surface area contributed by atoms with E-state index in [9.17, 15) is 4.79 Å². The number of benzene rings is 2. The molecular weight excluding hydrogens is 368 g/mol. The van der Waals surface area contributed by atoms with Crippen LogP contribution < -0.4 is 21.1 Å². The Morgan fingerprint density at radius 3 is 2.52 bits per heavy atom. The first-order valence-electron chi connectivity index (χ1n) is 9.20. The molecule has 3 aromatic rings. The zero-order valence-electron chi connectivity index (χ0n) is 16.4. The highest BCUT2D eigenvalue weighted by atomic mass is 16.5. The highest BCUT2D eigenvalue weighted by Gasteiger charge is 2.09. The number of primary amides is 1. The third-order valence-corrected chi connectivity index (χ3v) is 4.20. The number of furan rings is 1. The van der Waals surface area contributed by atoms with Crippen LogP contribution in [-0.2, 0) is 13.1 Å². The lowest BCUT2D eigenvalue weighted by molar-refractivity contribution is 0.0972. The summed E-state index contributed by atoms with van der Waals surface area (Å²) in [5.74, 6) is 2.29. The van der Waals surface area contributed by atoms with Crippen molar-refractivity contribution in [3.63, 3.8) is 0 Å². The number of hydrogen-bond donors (Lipinski definition) is 3. The fourth-order valence-corrected chi connectivity index (χ4v) is 2.69. The Morgan fingerprint density at radius 1 is 1.07 bits per heavy atom. The number of para-hydroxylation sites is 1. The van der Waals surface area contributed by atoms with E-state index in [-0.39, 0.29) is 5.76 Å². The van der Waals surface area contributed by atoms with Crippen molar-refractivity contribution < 1.29 is 13.9 Å². The SMILES string of the molecule is CN=C(NCc1ccc(C(N)=O)o1)NCc1ccc(C)cc1Oc1ccccc1. The first kappa shape index (κ1) is 20.0. The molecule has 1 heterocycles. The lowest BCUT2D eigenvalue weighted by Gasteiger charge is -2.15. The zero-order chi connectivity index (χ0) is 20.6. The molecule has 0 aliphatic carbocycles. The summed E-state index contributed by atoms with van der Waals surface area (Å²) in [6.45, 7) is 2.92. The van der Waals surface area contributed by atoms with Crippen LogP contribution in [0, 0.1) is 6.92 Å². The van der Waals surface area contributed by atoms with E-state index in [4.69, 9.17) is 14.9 Å². The van der Waals surface area contributed by atoms with Gasteiger partial charge in [-0.15, -0.1) is 0 Å². The number of amides is 1. The maximum absolute atomic E-state index is 11.1. The third kappa shape index (κ3) is 5.62. The summed E-state index contributed by atoms with van der Waals surface area (Å²) in [7, 11) is 1.68. The molecule has 0 bridgehead atoms. The predicted octanol–water partition coefficient (Wildman–Crippen LogP) is 3.34. The molecule has 7 nitrogen and oxygen atoms in total. The van der Waals surface area contributed by atoms with Crippen molar-refractivity contribution in [2.75, 3.05) is 7.05 Å². The molecule has 0 fully saturated rings. The minimum absolute atomic E-state index is 0.132. The van der Waals surface area contributed by atoms with Crippen molar-refractivity contribution in [1.29, 1.82) is 0 Å². The van der Waals surface area contributed by atoms with Gasteiger partial charge in [-0.1, -0.05) is 30.3 Å². The van der Waals surface area contributed by atoms with Crippen LogP contribution in [0.3, 0.4) is 0 Å².